The normalized spacial score (nSPS) is 11.1. The number of anilines is 3. The van der Waals surface area contributed by atoms with Gasteiger partial charge in [0, 0.05) is 35.9 Å². The van der Waals surface area contributed by atoms with Crippen LogP contribution in [0.15, 0.2) is 48.7 Å². The van der Waals surface area contributed by atoms with E-state index in [0.29, 0.717) is 34.3 Å². The molecule has 0 fully saturated rings. The number of hydrogen-bond acceptors (Lipinski definition) is 10. The highest BCUT2D eigenvalue weighted by Gasteiger charge is 2.19. The largest absolute Gasteiger partial charge is 0.489 e. The van der Waals surface area contributed by atoms with Crippen LogP contribution in [0.25, 0.3) is 33.4 Å². The third-order valence-electron chi connectivity index (χ3n) is 5.64. The average Bonchev–Trinajstić information content (AvgIpc) is 2.94. The number of halogens is 1. The Hall–Kier alpha value is -4.07. The van der Waals surface area contributed by atoms with Crippen molar-refractivity contribution in [3.05, 3.63) is 54.5 Å². The van der Waals surface area contributed by atoms with E-state index in [1.54, 1.807) is 31.2 Å². The summed E-state index contributed by atoms with van der Waals surface area (Å²) in [6.45, 7) is 7.08. The number of aromatic nitrogens is 3. The van der Waals surface area contributed by atoms with Crippen LogP contribution in [0.4, 0.5) is 21.7 Å². The Morgan fingerprint density at radius 3 is 2.39 bits per heavy atom. The maximum absolute atomic E-state index is 15.4. The van der Waals surface area contributed by atoms with Gasteiger partial charge in [-0.25, -0.2) is 27.8 Å². The quantitative estimate of drug-likeness (QED) is 0.199. The first kappa shape index (κ1) is 31.5. The van der Waals surface area contributed by atoms with Crippen LogP contribution in [0.5, 0.6) is 5.75 Å². The molecule has 13 heteroatoms. The number of rotatable bonds is 11. The minimum Gasteiger partial charge on any atom is -0.489 e. The molecular formula is C28H35FN6O5S. The molecule has 0 saturated carbocycles. The number of fused-ring (bicyclic) bond motifs is 1. The highest BCUT2D eigenvalue weighted by Crippen LogP contribution is 2.37. The van der Waals surface area contributed by atoms with Crippen LogP contribution in [0, 0.1) is 5.82 Å². The highest BCUT2D eigenvalue weighted by molar-refractivity contribution is 7.92. The summed E-state index contributed by atoms with van der Waals surface area (Å²) in [4.78, 5) is 13.0. The number of nitrogens with zero attached hydrogens (tertiary/aromatic N) is 3. The number of hydrogen-bond donors (Lipinski definition) is 4. The second-order valence-corrected chi connectivity index (χ2v) is 10.6. The lowest BCUT2D eigenvalue weighted by Gasteiger charge is -2.15. The fourth-order valence-corrected chi connectivity index (χ4v) is 4.97. The van der Waals surface area contributed by atoms with E-state index in [2.05, 4.69) is 19.7 Å². The number of aliphatic hydroxyl groups excluding tert-OH is 1. The van der Waals surface area contributed by atoms with Crippen LogP contribution in [-0.4, -0.2) is 60.7 Å². The van der Waals surface area contributed by atoms with Crippen molar-refractivity contribution < 1.29 is 27.4 Å². The maximum Gasteiger partial charge on any atom is 0.232 e. The summed E-state index contributed by atoms with van der Waals surface area (Å²) < 4.78 is 52.7. The van der Waals surface area contributed by atoms with Crippen molar-refractivity contribution in [2.75, 3.05) is 48.4 Å². The Bertz CT molecular complexity index is 1570. The van der Waals surface area contributed by atoms with Gasteiger partial charge >= 0.3 is 0 Å². The van der Waals surface area contributed by atoms with Gasteiger partial charge in [-0.1, -0.05) is 19.1 Å². The van der Waals surface area contributed by atoms with Crippen LogP contribution in [-0.2, 0) is 14.8 Å². The molecule has 2 aromatic carbocycles. The van der Waals surface area contributed by atoms with E-state index in [4.69, 9.17) is 20.9 Å². The monoisotopic (exact) mass is 586 g/mol. The molecule has 0 saturated heterocycles. The van der Waals surface area contributed by atoms with E-state index >= 15 is 4.39 Å². The molecule has 0 atom stereocenters. The van der Waals surface area contributed by atoms with Gasteiger partial charge in [0.2, 0.25) is 10.0 Å². The molecule has 2 aromatic heterocycles. The zero-order valence-electron chi connectivity index (χ0n) is 23.2. The molecule has 0 amide bonds. The van der Waals surface area contributed by atoms with Crippen LogP contribution >= 0.6 is 0 Å². The van der Waals surface area contributed by atoms with Gasteiger partial charge in [0.1, 0.15) is 29.5 Å². The molecule has 0 spiro atoms. The highest BCUT2D eigenvalue weighted by atomic mass is 32.2. The van der Waals surface area contributed by atoms with Gasteiger partial charge in [0.25, 0.3) is 0 Å². The number of nitrogen functional groups attached to an aromatic ring is 2. The summed E-state index contributed by atoms with van der Waals surface area (Å²) in [5.74, 6) is 0.0898. The van der Waals surface area contributed by atoms with Crippen molar-refractivity contribution >= 4 is 38.2 Å². The molecule has 0 bridgehead atoms. The van der Waals surface area contributed by atoms with Crippen molar-refractivity contribution in [1.82, 2.24) is 15.0 Å². The van der Waals surface area contributed by atoms with Gasteiger partial charge in [0.15, 0.2) is 11.6 Å². The lowest BCUT2D eigenvalue weighted by atomic mass is 10.0. The maximum atomic E-state index is 15.4. The number of benzene rings is 2. The lowest BCUT2D eigenvalue weighted by molar-refractivity contribution is 0.162. The molecule has 0 aliphatic heterocycles. The van der Waals surface area contributed by atoms with Gasteiger partial charge in [-0.2, -0.15) is 0 Å². The van der Waals surface area contributed by atoms with E-state index in [0.717, 1.165) is 13.2 Å². The Kier molecular flexibility index (Phi) is 11.1. The third kappa shape index (κ3) is 8.22. The third-order valence-corrected chi connectivity index (χ3v) is 7.12. The SMILES string of the molecule is CCCS(=O)(=O)Nc1cccc(-c2cc(OCCO)c3nc(-c4ccc(N)nc4)nc(N)c3c2)c1F.CCOCC. The standard InChI is InChI=1S/C24H25FN6O4S.C4H10O/c1-2-10-36(33,34)31-18-5-3-4-16(21(18)25)15-11-17-22(19(12-15)35-9-8-32)29-24(30-23(17)27)14-6-7-20(26)28-13-14;1-3-5-4-2/h3-7,11-13,31-32H,2,8-10H2,1H3,(H2,26,28)(H2,27,29,30);3-4H2,1-2H3. The Balaban J connectivity index is 0.000000850. The fraction of sp³-hybridized carbons (Fsp3) is 0.321. The predicted octanol–water partition coefficient (Wildman–Crippen LogP) is 4.23. The molecule has 4 aromatic rings. The molecule has 0 aliphatic rings. The fourth-order valence-electron chi connectivity index (χ4n) is 3.84. The van der Waals surface area contributed by atoms with E-state index in [1.165, 1.54) is 24.4 Å². The minimum atomic E-state index is -3.70. The van der Waals surface area contributed by atoms with Gasteiger partial charge in [-0.05, 0) is 56.2 Å². The Morgan fingerprint density at radius 2 is 1.78 bits per heavy atom. The predicted molar refractivity (Wildman–Crippen MR) is 159 cm³/mol. The summed E-state index contributed by atoms with van der Waals surface area (Å²) in [5.41, 5.74) is 13.2. The second kappa shape index (κ2) is 14.5. The van der Waals surface area contributed by atoms with Crippen LogP contribution in [0.1, 0.15) is 27.2 Å². The lowest BCUT2D eigenvalue weighted by Crippen LogP contribution is -2.17. The molecule has 2 heterocycles. The summed E-state index contributed by atoms with van der Waals surface area (Å²) in [5, 5.41) is 9.70. The van der Waals surface area contributed by atoms with E-state index in [-0.39, 0.29) is 47.6 Å². The molecule has 0 radical (unpaired) electrons. The first-order valence-corrected chi connectivity index (χ1v) is 14.7. The zero-order valence-corrected chi connectivity index (χ0v) is 24.0. The molecule has 4 rings (SSSR count). The molecule has 11 nitrogen and oxygen atoms in total. The summed E-state index contributed by atoms with van der Waals surface area (Å²) in [7, 11) is -3.70. The van der Waals surface area contributed by atoms with Crippen LogP contribution in [0.3, 0.4) is 0 Å². The van der Waals surface area contributed by atoms with Crippen LogP contribution in [0.2, 0.25) is 0 Å². The number of nitrogens with two attached hydrogens (primary N) is 2. The molecule has 41 heavy (non-hydrogen) atoms. The van der Waals surface area contributed by atoms with Gasteiger partial charge < -0.3 is 26.0 Å². The van der Waals surface area contributed by atoms with Crippen molar-refractivity contribution in [2.45, 2.75) is 27.2 Å². The van der Waals surface area contributed by atoms with Crippen molar-refractivity contribution in [2.24, 2.45) is 0 Å². The molecule has 220 valence electrons. The van der Waals surface area contributed by atoms with Gasteiger partial charge in [-0.15, -0.1) is 0 Å². The van der Waals surface area contributed by atoms with E-state index in [1.807, 2.05) is 13.8 Å². The Labute approximate surface area is 238 Å². The van der Waals surface area contributed by atoms with Gasteiger partial charge in [0.05, 0.1) is 18.0 Å². The first-order chi connectivity index (χ1) is 19.6. The Morgan fingerprint density at radius 1 is 1.02 bits per heavy atom. The smallest absolute Gasteiger partial charge is 0.232 e. The number of aliphatic hydroxyl groups is 1. The van der Waals surface area contributed by atoms with E-state index in [9.17, 15) is 13.5 Å². The summed E-state index contributed by atoms with van der Waals surface area (Å²) in [6.07, 6.45) is 1.90. The first-order valence-electron chi connectivity index (χ1n) is 13.1. The summed E-state index contributed by atoms with van der Waals surface area (Å²) in [6, 6.07) is 10.9. The molecule has 0 aliphatic carbocycles. The van der Waals surface area contributed by atoms with Crippen molar-refractivity contribution in [1.29, 1.82) is 0 Å². The average molecular weight is 587 g/mol. The number of pyridine rings is 1. The van der Waals surface area contributed by atoms with Crippen molar-refractivity contribution in [3.63, 3.8) is 0 Å². The number of nitrogens with one attached hydrogen (secondary N) is 1. The zero-order chi connectivity index (χ0) is 30.0. The molecule has 0 unspecified atom stereocenters. The summed E-state index contributed by atoms with van der Waals surface area (Å²) >= 11 is 0. The van der Waals surface area contributed by atoms with E-state index < -0.39 is 15.8 Å². The second-order valence-electron chi connectivity index (χ2n) is 8.72. The molecular weight excluding hydrogens is 551 g/mol. The van der Waals surface area contributed by atoms with Crippen LogP contribution < -0.4 is 20.9 Å². The van der Waals surface area contributed by atoms with Crippen molar-refractivity contribution in [3.8, 4) is 28.3 Å². The van der Waals surface area contributed by atoms with Gasteiger partial charge in [-0.3, -0.25) is 4.72 Å². The molecule has 6 N–H and O–H groups in total. The topological polar surface area (TPSA) is 176 Å². The number of sulfonamides is 1. The number of ether oxygens (including phenoxy) is 2. The minimum absolute atomic E-state index is 0.0411.